The largest absolute Gasteiger partial charge is 0.371 e. The first-order chi connectivity index (χ1) is 9.06. The summed E-state index contributed by atoms with van der Waals surface area (Å²) in [6.07, 6.45) is 2.47. The van der Waals surface area contributed by atoms with E-state index in [0.717, 1.165) is 16.9 Å². The van der Waals surface area contributed by atoms with Crippen LogP contribution < -0.4 is 5.73 Å². The first-order valence-corrected chi connectivity index (χ1v) is 6.83. The van der Waals surface area contributed by atoms with Gasteiger partial charge < -0.3 is 15.0 Å². The zero-order valence-electron chi connectivity index (χ0n) is 11.8. The van der Waals surface area contributed by atoms with Crippen molar-refractivity contribution in [2.24, 2.45) is 5.73 Å². The average Bonchev–Trinajstić information content (AvgIpc) is 3.18. The fourth-order valence-electron chi connectivity index (χ4n) is 2.49. The normalized spacial score (nSPS) is 16.2. The Balaban J connectivity index is 2.23. The lowest BCUT2D eigenvalue weighted by Gasteiger charge is -2.23. The Morgan fingerprint density at radius 3 is 2.74 bits per heavy atom. The van der Waals surface area contributed by atoms with E-state index in [-0.39, 0.29) is 5.60 Å². The van der Waals surface area contributed by atoms with Crippen molar-refractivity contribution < 1.29 is 4.74 Å². The monoisotopic (exact) mass is 259 g/mol. The number of rotatable bonds is 4. The lowest BCUT2D eigenvalue weighted by atomic mass is 10.1. The molecule has 1 aromatic carbocycles. The zero-order chi connectivity index (χ0) is 13.6. The molecule has 3 rings (SSSR count). The third kappa shape index (κ3) is 2.05. The van der Waals surface area contributed by atoms with Crippen molar-refractivity contribution >= 4 is 11.0 Å². The Kier molecular flexibility index (Phi) is 2.87. The van der Waals surface area contributed by atoms with Crippen LogP contribution in [0.1, 0.15) is 44.1 Å². The van der Waals surface area contributed by atoms with Crippen LogP contribution in [0.25, 0.3) is 11.0 Å². The molecule has 1 aliphatic rings. The fourth-order valence-corrected chi connectivity index (χ4v) is 2.49. The number of nitrogens with zero attached hydrogens (tertiary/aromatic N) is 2. The van der Waals surface area contributed by atoms with Crippen LogP contribution in [0.4, 0.5) is 0 Å². The van der Waals surface area contributed by atoms with Gasteiger partial charge in [-0.05, 0) is 44.4 Å². The second kappa shape index (κ2) is 4.32. The molecule has 0 spiro atoms. The van der Waals surface area contributed by atoms with Crippen LogP contribution in [0, 0.1) is 0 Å². The van der Waals surface area contributed by atoms with Crippen LogP contribution in [0.15, 0.2) is 18.2 Å². The number of aromatic nitrogens is 2. The number of benzene rings is 1. The van der Waals surface area contributed by atoms with Gasteiger partial charge in [-0.1, -0.05) is 6.07 Å². The zero-order valence-corrected chi connectivity index (χ0v) is 11.8. The van der Waals surface area contributed by atoms with E-state index in [1.807, 2.05) is 0 Å². The molecule has 1 fully saturated rings. The highest BCUT2D eigenvalue weighted by Gasteiger charge is 2.34. The molecule has 1 saturated carbocycles. The molecule has 0 aliphatic heterocycles. The summed E-state index contributed by atoms with van der Waals surface area (Å²) in [4.78, 5) is 4.81. The average molecular weight is 259 g/mol. The number of methoxy groups -OCH3 is 1. The van der Waals surface area contributed by atoms with Crippen LogP contribution >= 0.6 is 0 Å². The minimum Gasteiger partial charge on any atom is -0.371 e. The molecule has 1 aromatic heterocycles. The first kappa shape index (κ1) is 12.6. The molecule has 4 heteroatoms. The summed E-state index contributed by atoms with van der Waals surface area (Å²) in [6, 6.07) is 6.90. The molecule has 102 valence electrons. The van der Waals surface area contributed by atoms with Gasteiger partial charge in [-0.2, -0.15) is 0 Å². The van der Waals surface area contributed by atoms with Crippen LogP contribution in [0.3, 0.4) is 0 Å². The molecule has 2 aromatic rings. The summed E-state index contributed by atoms with van der Waals surface area (Å²) >= 11 is 0. The van der Waals surface area contributed by atoms with Gasteiger partial charge in [0.2, 0.25) is 0 Å². The van der Waals surface area contributed by atoms with Gasteiger partial charge in [0, 0.05) is 19.7 Å². The minimum absolute atomic E-state index is 0.371. The Hall–Kier alpha value is -1.39. The van der Waals surface area contributed by atoms with E-state index in [4.69, 9.17) is 15.5 Å². The fraction of sp³-hybridized carbons (Fsp3) is 0.533. The van der Waals surface area contributed by atoms with E-state index in [2.05, 4.69) is 36.6 Å². The maximum Gasteiger partial charge on any atom is 0.141 e. The van der Waals surface area contributed by atoms with Crippen LogP contribution in [0.2, 0.25) is 0 Å². The first-order valence-electron chi connectivity index (χ1n) is 6.83. The van der Waals surface area contributed by atoms with Crippen LogP contribution in [-0.2, 0) is 16.9 Å². The molecule has 0 unspecified atom stereocenters. The van der Waals surface area contributed by atoms with Gasteiger partial charge in [0.1, 0.15) is 11.4 Å². The number of fused-ring (bicyclic) bond motifs is 1. The highest BCUT2D eigenvalue weighted by molar-refractivity contribution is 5.77. The molecule has 2 N–H and O–H groups in total. The number of imidazole rings is 1. The summed E-state index contributed by atoms with van der Waals surface area (Å²) in [6.45, 7) is 4.68. The highest BCUT2D eigenvalue weighted by Crippen LogP contribution is 2.41. The van der Waals surface area contributed by atoms with Gasteiger partial charge in [-0.3, -0.25) is 0 Å². The molecule has 4 nitrogen and oxygen atoms in total. The smallest absolute Gasteiger partial charge is 0.141 e. The lowest BCUT2D eigenvalue weighted by Crippen LogP contribution is -2.24. The summed E-state index contributed by atoms with van der Waals surface area (Å²) in [5.74, 6) is 1.02. The number of ether oxygens (including phenoxy) is 1. The predicted molar refractivity (Wildman–Crippen MR) is 75.9 cm³/mol. The molecular formula is C15H21N3O. The summed E-state index contributed by atoms with van der Waals surface area (Å²) < 4.78 is 7.97. The van der Waals surface area contributed by atoms with Crippen molar-refractivity contribution in [1.82, 2.24) is 9.55 Å². The molecule has 0 bridgehead atoms. The molecule has 19 heavy (non-hydrogen) atoms. The van der Waals surface area contributed by atoms with Gasteiger partial charge in [-0.25, -0.2) is 4.98 Å². The standard InChI is InChI=1S/C15H21N3O/c1-15(2,19-3)14-17-12-8-10(9-16)4-7-13(12)18(14)11-5-6-11/h4,7-8,11H,5-6,9,16H2,1-3H3. The summed E-state index contributed by atoms with van der Waals surface area (Å²) in [5, 5.41) is 0. The van der Waals surface area contributed by atoms with Gasteiger partial charge in [0.05, 0.1) is 11.0 Å². The van der Waals surface area contributed by atoms with Gasteiger partial charge in [0.25, 0.3) is 0 Å². The topological polar surface area (TPSA) is 53.1 Å². The maximum atomic E-state index is 5.71. The highest BCUT2D eigenvalue weighted by atomic mass is 16.5. The van der Waals surface area contributed by atoms with Crippen molar-refractivity contribution in [2.75, 3.05) is 7.11 Å². The summed E-state index contributed by atoms with van der Waals surface area (Å²) in [5.41, 5.74) is 8.68. The number of nitrogens with two attached hydrogens (primary N) is 1. The Morgan fingerprint density at radius 1 is 1.42 bits per heavy atom. The maximum absolute atomic E-state index is 5.71. The predicted octanol–water partition coefficient (Wildman–Crippen LogP) is 2.71. The molecule has 1 heterocycles. The van der Waals surface area contributed by atoms with E-state index in [0.29, 0.717) is 12.6 Å². The van der Waals surface area contributed by atoms with Gasteiger partial charge >= 0.3 is 0 Å². The SMILES string of the molecule is COC(C)(C)c1nc2cc(CN)ccc2n1C1CC1. The second-order valence-corrected chi connectivity index (χ2v) is 5.78. The van der Waals surface area contributed by atoms with Gasteiger partial charge in [-0.15, -0.1) is 0 Å². The molecule has 0 saturated heterocycles. The Morgan fingerprint density at radius 2 is 2.16 bits per heavy atom. The van der Waals surface area contributed by atoms with Crippen LogP contribution in [-0.4, -0.2) is 16.7 Å². The molecule has 1 aliphatic carbocycles. The molecule has 0 amide bonds. The van der Waals surface area contributed by atoms with Crippen molar-refractivity contribution in [3.8, 4) is 0 Å². The molecular weight excluding hydrogens is 238 g/mol. The van der Waals surface area contributed by atoms with Crippen molar-refractivity contribution in [3.05, 3.63) is 29.6 Å². The van der Waals surface area contributed by atoms with Gasteiger partial charge in [0.15, 0.2) is 0 Å². The van der Waals surface area contributed by atoms with Crippen molar-refractivity contribution in [3.63, 3.8) is 0 Å². The minimum atomic E-state index is -0.371. The second-order valence-electron chi connectivity index (χ2n) is 5.78. The third-order valence-electron chi connectivity index (χ3n) is 3.95. The number of hydrogen-bond acceptors (Lipinski definition) is 3. The van der Waals surface area contributed by atoms with Crippen molar-refractivity contribution in [2.45, 2.75) is 44.9 Å². The van der Waals surface area contributed by atoms with E-state index in [9.17, 15) is 0 Å². The summed E-state index contributed by atoms with van der Waals surface area (Å²) in [7, 11) is 1.74. The third-order valence-corrected chi connectivity index (χ3v) is 3.95. The quantitative estimate of drug-likeness (QED) is 0.918. The van der Waals surface area contributed by atoms with E-state index < -0.39 is 0 Å². The molecule has 0 atom stereocenters. The molecule has 0 radical (unpaired) electrons. The lowest BCUT2D eigenvalue weighted by molar-refractivity contribution is 0.00888. The van der Waals surface area contributed by atoms with Crippen LogP contribution in [0.5, 0.6) is 0 Å². The van der Waals surface area contributed by atoms with E-state index in [1.165, 1.54) is 18.4 Å². The van der Waals surface area contributed by atoms with E-state index >= 15 is 0 Å². The van der Waals surface area contributed by atoms with Crippen molar-refractivity contribution in [1.29, 1.82) is 0 Å². The Labute approximate surface area is 113 Å². The van der Waals surface area contributed by atoms with E-state index in [1.54, 1.807) is 7.11 Å². The Bertz CT molecular complexity index is 611. The number of hydrogen-bond donors (Lipinski definition) is 1.